The molecule has 6 nitrogen and oxygen atoms in total. The maximum Gasteiger partial charge on any atom is 0.283 e. The first kappa shape index (κ1) is 18.6. The SMILES string of the molecule is Cc1ccccc1COc1cccc(C=NNC(=O)c2sc(N)nc2C)c1. The highest BCUT2D eigenvalue weighted by Gasteiger charge is 2.13. The third kappa shape index (κ3) is 4.92. The van der Waals surface area contributed by atoms with Gasteiger partial charge < -0.3 is 10.5 Å². The number of hydrogen-bond acceptors (Lipinski definition) is 6. The Hall–Kier alpha value is -3.19. The number of carbonyl (C=O) groups excluding carboxylic acids is 1. The van der Waals surface area contributed by atoms with Crippen molar-refractivity contribution in [2.45, 2.75) is 20.5 Å². The lowest BCUT2D eigenvalue weighted by Gasteiger charge is -2.09. The molecule has 1 heterocycles. The Bertz CT molecular complexity index is 982. The highest BCUT2D eigenvalue weighted by atomic mass is 32.1. The summed E-state index contributed by atoms with van der Waals surface area (Å²) in [6.07, 6.45) is 1.57. The van der Waals surface area contributed by atoms with Crippen LogP contribution in [0.1, 0.15) is 32.1 Å². The number of aromatic nitrogens is 1. The largest absolute Gasteiger partial charge is 0.489 e. The van der Waals surface area contributed by atoms with Gasteiger partial charge in [0.2, 0.25) is 0 Å². The quantitative estimate of drug-likeness (QED) is 0.504. The number of ether oxygens (including phenoxy) is 1. The van der Waals surface area contributed by atoms with Gasteiger partial charge in [-0.05, 0) is 42.7 Å². The van der Waals surface area contributed by atoms with E-state index in [0.717, 1.165) is 28.2 Å². The number of hydrogen-bond donors (Lipinski definition) is 2. The molecular formula is C20H20N4O2S. The molecule has 3 rings (SSSR count). The topological polar surface area (TPSA) is 89.6 Å². The lowest BCUT2D eigenvalue weighted by molar-refractivity contribution is 0.0958. The second-order valence-electron chi connectivity index (χ2n) is 5.95. The summed E-state index contributed by atoms with van der Waals surface area (Å²) in [6, 6.07) is 15.6. The number of benzene rings is 2. The van der Waals surface area contributed by atoms with Crippen LogP contribution in [0.15, 0.2) is 53.6 Å². The van der Waals surface area contributed by atoms with E-state index in [1.165, 1.54) is 5.56 Å². The second kappa shape index (κ2) is 8.46. The van der Waals surface area contributed by atoms with E-state index in [2.05, 4.69) is 28.5 Å². The van der Waals surface area contributed by atoms with E-state index in [1.54, 1.807) is 13.1 Å². The molecule has 0 aliphatic carbocycles. The minimum Gasteiger partial charge on any atom is -0.489 e. The van der Waals surface area contributed by atoms with Crippen LogP contribution in [-0.4, -0.2) is 17.1 Å². The van der Waals surface area contributed by atoms with Crippen molar-refractivity contribution in [1.29, 1.82) is 0 Å². The van der Waals surface area contributed by atoms with Gasteiger partial charge in [-0.3, -0.25) is 4.79 Å². The molecule has 0 fully saturated rings. The fourth-order valence-electron chi connectivity index (χ4n) is 2.46. The second-order valence-corrected chi connectivity index (χ2v) is 6.98. The number of nitrogen functional groups attached to an aromatic ring is 1. The van der Waals surface area contributed by atoms with Crippen LogP contribution in [0, 0.1) is 13.8 Å². The molecule has 0 aliphatic rings. The summed E-state index contributed by atoms with van der Waals surface area (Å²) in [5, 5.41) is 4.36. The summed E-state index contributed by atoms with van der Waals surface area (Å²) >= 11 is 1.14. The van der Waals surface area contributed by atoms with Gasteiger partial charge >= 0.3 is 0 Å². The maximum absolute atomic E-state index is 12.1. The number of nitrogens with zero attached hydrogens (tertiary/aromatic N) is 2. The molecule has 0 bridgehead atoms. The number of aryl methyl sites for hydroxylation is 2. The fraction of sp³-hybridized carbons (Fsp3) is 0.150. The molecule has 3 aromatic rings. The number of rotatable bonds is 6. The van der Waals surface area contributed by atoms with E-state index >= 15 is 0 Å². The van der Waals surface area contributed by atoms with Gasteiger partial charge in [0.05, 0.1) is 11.9 Å². The van der Waals surface area contributed by atoms with Gasteiger partial charge in [0.15, 0.2) is 5.13 Å². The monoisotopic (exact) mass is 380 g/mol. The number of nitrogens with two attached hydrogens (primary N) is 1. The normalized spacial score (nSPS) is 10.9. The molecule has 2 aromatic carbocycles. The molecule has 0 aliphatic heterocycles. The van der Waals surface area contributed by atoms with Gasteiger partial charge in [0, 0.05) is 0 Å². The molecule has 138 valence electrons. The number of nitrogens with one attached hydrogen (secondary N) is 1. The first-order chi connectivity index (χ1) is 13.0. The van der Waals surface area contributed by atoms with Gasteiger partial charge in [-0.1, -0.05) is 47.7 Å². The fourth-order valence-corrected chi connectivity index (χ4v) is 3.19. The van der Waals surface area contributed by atoms with Crippen LogP contribution < -0.4 is 15.9 Å². The van der Waals surface area contributed by atoms with Crippen LogP contribution in [-0.2, 0) is 6.61 Å². The third-order valence-corrected chi connectivity index (χ3v) is 4.90. The zero-order valence-electron chi connectivity index (χ0n) is 15.1. The van der Waals surface area contributed by atoms with Crippen molar-refractivity contribution in [2.75, 3.05) is 5.73 Å². The van der Waals surface area contributed by atoms with Crippen molar-refractivity contribution >= 4 is 28.6 Å². The molecule has 27 heavy (non-hydrogen) atoms. The van der Waals surface area contributed by atoms with E-state index < -0.39 is 0 Å². The summed E-state index contributed by atoms with van der Waals surface area (Å²) in [7, 11) is 0. The van der Waals surface area contributed by atoms with E-state index in [9.17, 15) is 4.79 Å². The zero-order chi connectivity index (χ0) is 19.2. The van der Waals surface area contributed by atoms with Crippen LogP contribution in [0.4, 0.5) is 5.13 Å². The Labute approximate surface area is 161 Å². The number of hydrazone groups is 1. The summed E-state index contributed by atoms with van der Waals surface area (Å²) < 4.78 is 5.86. The van der Waals surface area contributed by atoms with E-state index in [-0.39, 0.29) is 5.91 Å². The number of anilines is 1. The molecule has 0 unspecified atom stereocenters. The van der Waals surface area contributed by atoms with Crippen molar-refractivity contribution in [3.8, 4) is 5.75 Å². The first-order valence-electron chi connectivity index (χ1n) is 8.36. The lowest BCUT2D eigenvalue weighted by Crippen LogP contribution is -2.17. The number of carbonyl (C=O) groups is 1. The highest BCUT2D eigenvalue weighted by molar-refractivity contribution is 7.17. The Balaban J connectivity index is 1.60. The molecule has 0 saturated carbocycles. The third-order valence-electron chi connectivity index (χ3n) is 3.91. The molecule has 0 saturated heterocycles. The van der Waals surface area contributed by atoms with E-state index in [0.29, 0.717) is 22.3 Å². The minimum atomic E-state index is -0.329. The maximum atomic E-state index is 12.1. The number of thiazole rings is 1. The molecule has 0 radical (unpaired) electrons. The number of amides is 1. The Morgan fingerprint density at radius 2 is 2.07 bits per heavy atom. The minimum absolute atomic E-state index is 0.329. The molecule has 1 aromatic heterocycles. The lowest BCUT2D eigenvalue weighted by atomic mass is 10.1. The Kier molecular flexibility index (Phi) is 5.83. The van der Waals surface area contributed by atoms with Gasteiger partial charge in [0.25, 0.3) is 5.91 Å². The van der Waals surface area contributed by atoms with Gasteiger partial charge in [0.1, 0.15) is 17.2 Å². The highest BCUT2D eigenvalue weighted by Crippen LogP contribution is 2.19. The Morgan fingerprint density at radius 1 is 1.26 bits per heavy atom. The smallest absolute Gasteiger partial charge is 0.283 e. The van der Waals surface area contributed by atoms with Gasteiger partial charge in [-0.15, -0.1) is 0 Å². The molecule has 0 atom stereocenters. The van der Waals surface area contributed by atoms with Crippen LogP contribution >= 0.6 is 11.3 Å². The predicted octanol–water partition coefficient (Wildman–Crippen LogP) is 3.69. The standard InChI is InChI=1S/C20H20N4O2S/c1-13-6-3-4-8-16(13)12-26-17-9-5-7-15(10-17)11-22-24-19(25)18-14(2)23-20(21)27-18/h3-11H,12H2,1-2H3,(H2,21,23)(H,24,25). The van der Waals surface area contributed by atoms with Crippen molar-refractivity contribution in [3.05, 3.63) is 75.8 Å². The van der Waals surface area contributed by atoms with Crippen molar-refractivity contribution in [2.24, 2.45) is 5.10 Å². The molecule has 7 heteroatoms. The van der Waals surface area contributed by atoms with E-state index in [4.69, 9.17) is 10.5 Å². The molecule has 0 spiro atoms. The van der Waals surface area contributed by atoms with E-state index in [1.807, 2.05) is 42.5 Å². The average molecular weight is 380 g/mol. The van der Waals surface area contributed by atoms with Gasteiger partial charge in [-0.25, -0.2) is 10.4 Å². The van der Waals surface area contributed by atoms with Crippen molar-refractivity contribution in [1.82, 2.24) is 10.4 Å². The summed E-state index contributed by atoms with van der Waals surface area (Å²) in [5.74, 6) is 0.407. The van der Waals surface area contributed by atoms with Crippen LogP contribution in [0.2, 0.25) is 0 Å². The summed E-state index contributed by atoms with van der Waals surface area (Å²) in [4.78, 5) is 16.6. The predicted molar refractivity (Wildman–Crippen MR) is 108 cm³/mol. The average Bonchev–Trinajstić information content (AvgIpc) is 3.00. The summed E-state index contributed by atoms with van der Waals surface area (Å²) in [6.45, 7) is 4.29. The van der Waals surface area contributed by atoms with Crippen LogP contribution in [0.5, 0.6) is 5.75 Å². The molecular weight excluding hydrogens is 360 g/mol. The van der Waals surface area contributed by atoms with Gasteiger partial charge in [-0.2, -0.15) is 5.10 Å². The van der Waals surface area contributed by atoms with Crippen molar-refractivity contribution in [3.63, 3.8) is 0 Å². The van der Waals surface area contributed by atoms with Crippen molar-refractivity contribution < 1.29 is 9.53 Å². The van der Waals surface area contributed by atoms with Crippen LogP contribution in [0.3, 0.4) is 0 Å². The molecule has 1 amide bonds. The molecule has 3 N–H and O–H groups in total. The Morgan fingerprint density at radius 3 is 2.81 bits per heavy atom. The van der Waals surface area contributed by atoms with Crippen LogP contribution in [0.25, 0.3) is 0 Å². The first-order valence-corrected chi connectivity index (χ1v) is 9.18. The summed E-state index contributed by atoms with van der Waals surface area (Å²) in [5.41, 5.74) is 11.8. The zero-order valence-corrected chi connectivity index (χ0v) is 15.9.